The van der Waals surface area contributed by atoms with Crippen molar-refractivity contribution in [3.05, 3.63) is 58.9 Å². The topological polar surface area (TPSA) is 60.9 Å². The molecular formula is C21H22F4N2O3S. The molecule has 1 unspecified atom stereocenters. The molecule has 168 valence electrons. The highest BCUT2D eigenvalue weighted by Crippen LogP contribution is 2.34. The highest BCUT2D eigenvalue weighted by Gasteiger charge is 2.35. The molecule has 2 atom stereocenters. The van der Waals surface area contributed by atoms with Gasteiger partial charge in [0.05, 0.1) is 16.9 Å². The minimum Gasteiger partial charge on any atom is -0.481 e. The SMILES string of the molecule is Cc1cc(CC(=O)O)cc(S(=O)N2CCN(c3ccc(C(F)(F)F)c(F)c3)[C@H](C)C2)c1. The lowest BCUT2D eigenvalue weighted by Gasteiger charge is -2.40. The average molecular weight is 458 g/mol. The zero-order valence-corrected chi connectivity index (χ0v) is 17.8. The molecule has 5 nitrogen and oxygen atoms in total. The van der Waals surface area contributed by atoms with Crippen LogP contribution in [-0.4, -0.2) is 45.3 Å². The van der Waals surface area contributed by atoms with E-state index in [-0.39, 0.29) is 12.5 Å². The van der Waals surface area contributed by atoms with E-state index in [0.29, 0.717) is 35.8 Å². The van der Waals surface area contributed by atoms with Crippen LogP contribution in [0.4, 0.5) is 23.2 Å². The third-order valence-corrected chi connectivity index (χ3v) is 6.52. The second kappa shape index (κ2) is 8.96. The maximum absolute atomic E-state index is 14.0. The van der Waals surface area contributed by atoms with Gasteiger partial charge in [-0.15, -0.1) is 0 Å². The van der Waals surface area contributed by atoms with Gasteiger partial charge in [0.2, 0.25) is 0 Å². The molecule has 1 fully saturated rings. The summed E-state index contributed by atoms with van der Waals surface area (Å²) in [6.07, 6.45) is -4.92. The molecule has 1 heterocycles. The molecule has 31 heavy (non-hydrogen) atoms. The van der Waals surface area contributed by atoms with E-state index in [1.165, 1.54) is 6.07 Å². The van der Waals surface area contributed by atoms with Gasteiger partial charge in [-0.05, 0) is 55.3 Å². The molecule has 1 aliphatic rings. The Labute approximate surface area is 179 Å². The van der Waals surface area contributed by atoms with Gasteiger partial charge < -0.3 is 10.0 Å². The van der Waals surface area contributed by atoms with E-state index in [1.807, 2.05) is 6.92 Å². The molecule has 0 bridgehead atoms. The number of anilines is 1. The number of aliphatic carboxylic acids is 1. The van der Waals surface area contributed by atoms with Crippen LogP contribution in [0.15, 0.2) is 41.3 Å². The number of benzene rings is 2. The van der Waals surface area contributed by atoms with Gasteiger partial charge in [0.25, 0.3) is 0 Å². The van der Waals surface area contributed by atoms with E-state index in [9.17, 15) is 26.6 Å². The molecule has 0 aromatic heterocycles. The second-order valence-corrected chi connectivity index (χ2v) is 9.05. The number of piperazine rings is 1. The third-order valence-electron chi connectivity index (χ3n) is 5.08. The first kappa shape index (κ1) is 23.2. The molecule has 0 spiro atoms. The van der Waals surface area contributed by atoms with Crippen LogP contribution in [-0.2, 0) is 28.4 Å². The summed E-state index contributed by atoms with van der Waals surface area (Å²) in [4.78, 5) is 13.3. The van der Waals surface area contributed by atoms with E-state index in [2.05, 4.69) is 0 Å². The summed E-state index contributed by atoms with van der Waals surface area (Å²) >= 11 is 0. The number of hydrogen-bond acceptors (Lipinski definition) is 3. The van der Waals surface area contributed by atoms with Gasteiger partial charge in [-0.1, -0.05) is 6.07 Å². The zero-order chi connectivity index (χ0) is 22.9. The highest BCUT2D eigenvalue weighted by molar-refractivity contribution is 7.82. The molecule has 2 aromatic carbocycles. The Bertz CT molecular complexity index is 1010. The fourth-order valence-corrected chi connectivity index (χ4v) is 5.16. The fraction of sp³-hybridized carbons (Fsp3) is 0.381. The number of hydrogen-bond donors (Lipinski definition) is 1. The van der Waals surface area contributed by atoms with Gasteiger partial charge in [0.1, 0.15) is 16.8 Å². The van der Waals surface area contributed by atoms with Crippen LogP contribution in [0.25, 0.3) is 0 Å². The van der Waals surface area contributed by atoms with Gasteiger partial charge in [-0.3, -0.25) is 4.79 Å². The summed E-state index contributed by atoms with van der Waals surface area (Å²) in [5.41, 5.74) is 0.389. The minimum atomic E-state index is -4.75. The molecule has 1 aliphatic heterocycles. The van der Waals surface area contributed by atoms with Crippen LogP contribution in [0, 0.1) is 12.7 Å². The van der Waals surface area contributed by atoms with Gasteiger partial charge in [0.15, 0.2) is 0 Å². The van der Waals surface area contributed by atoms with Crippen LogP contribution in [0.3, 0.4) is 0 Å². The minimum absolute atomic E-state index is 0.171. The summed E-state index contributed by atoms with van der Waals surface area (Å²) in [6, 6.07) is 7.71. The molecule has 3 rings (SSSR count). The normalized spacial score (nSPS) is 18.8. The van der Waals surface area contributed by atoms with E-state index < -0.39 is 34.5 Å². The number of carboxylic acids is 1. The molecular weight excluding hydrogens is 436 g/mol. The summed E-state index contributed by atoms with van der Waals surface area (Å²) < 4.78 is 67.2. The van der Waals surface area contributed by atoms with Crippen LogP contribution in [0.2, 0.25) is 0 Å². The Morgan fingerprint density at radius 3 is 2.48 bits per heavy atom. The van der Waals surface area contributed by atoms with Crippen molar-refractivity contribution in [3.8, 4) is 0 Å². The van der Waals surface area contributed by atoms with E-state index in [0.717, 1.165) is 17.7 Å². The standard InChI is InChI=1S/C21H22F4N2O3S/c1-13-7-15(10-20(28)29)9-17(8-13)31(30)26-5-6-27(14(2)12-26)16-3-4-18(19(22)11-16)21(23,24)25/h3-4,7-9,11,14H,5-6,10,12H2,1-2H3,(H,28,29)/t14-,31?/m1/s1. The Balaban J connectivity index is 1.74. The fourth-order valence-electron chi connectivity index (χ4n) is 3.72. The summed E-state index contributed by atoms with van der Waals surface area (Å²) in [6.45, 7) is 4.67. The molecule has 1 N–H and O–H groups in total. The van der Waals surface area contributed by atoms with E-state index in [4.69, 9.17) is 5.11 Å². The third kappa shape index (κ3) is 5.43. The highest BCUT2D eigenvalue weighted by atomic mass is 32.2. The van der Waals surface area contributed by atoms with E-state index >= 15 is 0 Å². The number of carboxylic acid groups (broad SMARTS) is 1. The first-order valence-electron chi connectivity index (χ1n) is 9.58. The van der Waals surface area contributed by atoms with Crippen molar-refractivity contribution < 1.29 is 31.7 Å². The zero-order valence-electron chi connectivity index (χ0n) is 16.9. The summed E-state index contributed by atoms with van der Waals surface area (Å²) in [5, 5.41) is 9.01. The average Bonchev–Trinajstić information content (AvgIpc) is 2.65. The predicted molar refractivity (Wildman–Crippen MR) is 109 cm³/mol. The van der Waals surface area contributed by atoms with Crippen LogP contribution in [0.5, 0.6) is 0 Å². The lowest BCUT2D eigenvalue weighted by Crippen LogP contribution is -2.52. The van der Waals surface area contributed by atoms with Crippen LogP contribution in [0.1, 0.15) is 23.6 Å². The number of aryl methyl sites for hydroxylation is 1. The van der Waals surface area contributed by atoms with Gasteiger partial charge in [0, 0.05) is 31.4 Å². The van der Waals surface area contributed by atoms with Crippen molar-refractivity contribution in [3.63, 3.8) is 0 Å². The monoisotopic (exact) mass is 458 g/mol. The number of nitrogens with zero attached hydrogens (tertiary/aromatic N) is 2. The van der Waals surface area contributed by atoms with Crippen molar-refractivity contribution >= 4 is 22.6 Å². The summed E-state index contributed by atoms with van der Waals surface area (Å²) in [5.74, 6) is -2.30. The molecule has 0 aliphatic carbocycles. The smallest absolute Gasteiger partial charge is 0.419 e. The predicted octanol–water partition coefficient (Wildman–Crippen LogP) is 4.01. The maximum atomic E-state index is 14.0. The number of halogens is 4. The van der Waals surface area contributed by atoms with Gasteiger partial charge >= 0.3 is 12.1 Å². The molecule has 2 aromatic rings. The Morgan fingerprint density at radius 2 is 1.90 bits per heavy atom. The Hall–Kier alpha value is -2.46. The number of carbonyl (C=O) groups is 1. The molecule has 0 amide bonds. The van der Waals surface area contributed by atoms with E-state index in [1.54, 1.807) is 34.3 Å². The van der Waals surface area contributed by atoms with Crippen LogP contribution < -0.4 is 4.90 Å². The van der Waals surface area contributed by atoms with Crippen molar-refractivity contribution in [2.75, 3.05) is 24.5 Å². The van der Waals surface area contributed by atoms with Gasteiger partial charge in [-0.25, -0.2) is 12.9 Å². The number of rotatable bonds is 5. The van der Waals surface area contributed by atoms with Crippen molar-refractivity contribution in [1.29, 1.82) is 0 Å². The Kier molecular flexibility index (Phi) is 6.70. The molecule has 0 radical (unpaired) electrons. The lowest BCUT2D eigenvalue weighted by molar-refractivity contribution is -0.140. The molecule has 1 saturated heterocycles. The van der Waals surface area contributed by atoms with Crippen molar-refractivity contribution in [2.45, 2.75) is 37.4 Å². The second-order valence-electron chi connectivity index (χ2n) is 7.57. The maximum Gasteiger partial charge on any atom is 0.419 e. The van der Waals surface area contributed by atoms with Gasteiger partial charge in [-0.2, -0.15) is 13.2 Å². The molecule has 10 heteroatoms. The lowest BCUT2D eigenvalue weighted by atomic mass is 10.1. The first-order valence-corrected chi connectivity index (χ1v) is 10.7. The quantitative estimate of drug-likeness (QED) is 0.688. The van der Waals surface area contributed by atoms with Crippen molar-refractivity contribution in [1.82, 2.24) is 4.31 Å². The van der Waals surface area contributed by atoms with Crippen LogP contribution >= 0.6 is 0 Å². The summed E-state index contributed by atoms with van der Waals surface area (Å²) in [7, 11) is -1.53. The first-order chi connectivity index (χ1) is 14.5. The largest absolute Gasteiger partial charge is 0.481 e. The Morgan fingerprint density at radius 1 is 1.19 bits per heavy atom. The molecule has 0 saturated carbocycles. The number of alkyl halides is 3. The van der Waals surface area contributed by atoms with Crippen molar-refractivity contribution in [2.24, 2.45) is 0 Å².